The standard InChI is InChI=1S/C41H38BNO2/c1-24(2)27-21-31(25(3)4)39(32(22-27)26(5)6)42-33-15-9-12-18-37(33)44-38-23-28(19-20-34(38)42)43-35-16-10-7-13-29(35)41-40(43)30-14-8-11-17-36(30)45-41/h7-26H,1-6H3. The van der Waals surface area contributed by atoms with Gasteiger partial charge in [-0.05, 0) is 81.8 Å². The van der Waals surface area contributed by atoms with Gasteiger partial charge in [-0.15, -0.1) is 0 Å². The van der Waals surface area contributed by atoms with Crippen LogP contribution in [0, 0.1) is 0 Å². The van der Waals surface area contributed by atoms with E-state index in [-0.39, 0.29) is 6.71 Å². The molecule has 222 valence electrons. The predicted molar refractivity (Wildman–Crippen MR) is 190 cm³/mol. The molecule has 0 N–H and O–H groups in total. The summed E-state index contributed by atoms with van der Waals surface area (Å²) >= 11 is 0. The Bertz CT molecular complexity index is 2210. The molecule has 3 heterocycles. The average molecular weight is 588 g/mol. The first-order valence-corrected chi connectivity index (χ1v) is 16.3. The van der Waals surface area contributed by atoms with Crippen molar-refractivity contribution >= 4 is 56.1 Å². The molecule has 4 heteroatoms. The number of aromatic nitrogens is 1. The van der Waals surface area contributed by atoms with Gasteiger partial charge in [0.25, 0.3) is 6.71 Å². The normalized spacial score (nSPS) is 13.0. The Morgan fingerprint density at radius 3 is 1.98 bits per heavy atom. The lowest BCUT2D eigenvalue weighted by atomic mass is 9.34. The van der Waals surface area contributed by atoms with Crippen molar-refractivity contribution < 1.29 is 9.15 Å². The van der Waals surface area contributed by atoms with E-state index in [1.165, 1.54) is 33.1 Å². The Hall–Kier alpha value is -4.70. The molecule has 0 atom stereocenters. The number of hydrogen-bond donors (Lipinski definition) is 0. The van der Waals surface area contributed by atoms with E-state index in [2.05, 4.69) is 143 Å². The molecule has 5 aromatic carbocycles. The van der Waals surface area contributed by atoms with Crippen molar-refractivity contribution in [2.24, 2.45) is 0 Å². The summed E-state index contributed by atoms with van der Waals surface area (Å²) in [5.74, 6) is 3.09. The molecule has 0 saturated carbocycles. The quantitative estimate of drug-likeness (QED) is 0.188. The Kier molecular flexibility index (Phi) is 6.46. The summed E-state index contributed by atoms with van der Waals surface area (Å²) < 4.78 is 15.6. The van der Waals surface area contributed by atoms with Gasteiger partial charge in [0.05, 0.1) is 5.52 Å². The smallest absolute Gasteiger partial charge is 0.251 e. The van der Waals surface area contributed by atoms with Crippen LogP contribution in [0.3, 0.4) is 0 Å². The molecule has 3 nitrogen and oxygen atoms in total. The van der Waals surface area contributed by atoms with Gasteiger partial charge in [0, 0.05) is 22.5 Å². The van der Waals surface area contributed by atoms with Gasteiger partial charge in [-0.3, -0.25) is 0 Å². The van der Waals surface area contributed by atoms with E-state index >= 15 is 0 Å². The van der Waals surface area contributed by atoms with Crippen LogP contribution in [0.4, 0.5) is 0 Å². The summed E-state index contributed by atoms with van der Waals surface area (Å²) in [5, 5.41) is 2.22. The molecule has 0 radical (unpaired) electrons. The van der Waals surface area contributed by atoms with Gasteiger partial charge in [0.15, 0.2) is 5.58 Å². The Labute approximate surface area is 265 Å². The van der Waals surface area contributed by atoms with Crippen molar-refractivity contribution in [1.29, 1.82) is 0 Å². The van der Waals surface area contributed by atoms with Crippen LogP contribution in [0.15, 0.2) is 108 Å². The molecular weight excluding hydrogens is 549 g/mol. The molecule has 8 rings (SSSR count). The number of ether oxygens (including phenoxy) is 1. The highest BCUT2D eigenvalue weighted by Crippen LogP contribution is 2.39. The van der Waals surface area contributed by atoms with E-state index in [4.69, 9.17) is 9.15 Å². The van der Waals surface area contributed by atoms with Crippen LogP contribution in [-0.2, 0) is 0 Å². The lowest BCUT2D eigenvalue weighted by Gasteiger charge is -2.32. The van der Waals surface area contributed by atoms with Gasteiger partial charge in [-0.1, -0.05) is 108 Å². The Balaban J connectivity index is 1.40. The maximum absolute atomic E-state index is 6.79. The molecule has 1 aliphatic heterocycles. The lowest BCUT2D eigenvalue weighted by Crippen LogP contribution is -2.57. The molecule has 0 spiro atoms. The summed E-state index contributed by atoms with van der Waals surface area (Å²) in [5.41, 5.74) is 13.3. The predicted octanol–water partition coefficient (Wildman–Crippen LogP) is 9.52. The first-order valence-electron chi connectivity index (χ1n) is 16.3. The number of fused-ring (bicyclic) bond motifs is 7. The first-order chi connectivity index (χ1) is 21.8. The zero-order valence-corrected chi connectivity index (χ0v) is 26.9. The van der Waals surface area contributed by atoms with Crippen LogP contribution >= 0.6 is 0 Å². The third kappa shape index (κ3) is 4.26. The van der Waals surface area contributed by atoms with Crippen LogP contribution in [-0.4, -0.2) is 11.3 Å². The van der Waals surface area contributed by atoms with Crippen molar-refractivity contribution in [1.82, 2.24) is 4.57 Å². The van der Waals surface area contributed by atoms with E-state index in [0.717, 1.165) is 50.2 Å². The summed E-state index contributed by atoms with van der Waals surface area (Å²) in [4.78, 5) is 0. The lowest BCUT2D eigenvalue weighted by molar-refractivity contribution is 0.487. The van der Waals surface area contributed by atoms with Crippen molar-refractivity contribution in [2.45, 2.75) is 59.3 Å². The molecule has 45 heavy (non-hydrogen) atoms. The van der Waals surface area contributed by atoms with E-state index in [9.17, 15) is 0 Å². The molecule has 1 aliphatic rings. The number of hydrogen-bond acceptors (Lipinski definition) is 2. The van der Waals surface area contributed by atoms with Crippen molar-refractivity contribution in [2.75, 3.05) is 0 Å². The van der Waals surface area contributed by atoms with Crippen LogP contribution in [0.5, 0.6) is 11.5 Å². The molecule has 0 fully saturated rings. The molecule has 2 aromatic heterocycles. The van der Waals surface area contributed by atoms with Crippen LogP contribution in [0.25, 0.3) is 38.7 Å². The van der Waals surface area contributed by atoms with Crippen LogP contribution in [0.2, 0.25) is 0 Å². The topological polar surface area (TPSA) is 27.3 Å². The van der Waals surface area contributed by atoms with E-state index in [1.807, 2.05) is 6.07 Å². The number of para-hydroxylation sites is 3. The largest absolute Gasteiger partial charge is 0.458 e. The summed E-state index contributed by atoms with van der Waals surface area (Å²) in [6.07, 6.45) is 0. The fourth-order valence-electron chi connectivity index (χ4n) is 7.43. The summed E-state index contributed by atoms with van der Waals surface area (Å²) in [6, 6.07) is 37.2. The fourth-order valence-corrected chi connectivity index (χ4v) is 7.43. The zero-order valence-electron chi connectivity index (χ0n) is 26.9. The number of furan rings is 1. The van der Waals surface area contributed by atoms with Crippen molar-refractivity contribution in [3.8, 4) is 17.2 Å². The Morgan fingerprint density at radius 2 is 1.24 bits per heavy atom. The molecule has 7 aromatic rings. The molecule has 0 unspecified atom stereocenters. The minimum atomic E-state index is 0.0752. The summed E-state index contributed by atoms with van der Waals surface area (Å²) in [6.45, 7) is 14.0. The van der Waals surface area contributed by atoms with E-state index in [0.29, 0.717) is 17.8 Å². The highest BCUT2D eigenvalue weighted by molar-refractivity contribution is 6.97. The van der Waals surface area contributed by atoms with E-state index in [1.54, 1.807) is 0 Å². The SMILES string of the molecule is CC(C)c1cc(C(C)C)c(B2c3ccccc3Oc3cc(-n4c5ccccc5c5oc6ccccc6c54)ccc32)c(C(C)C)c1. The third-order valence-electron chi connectivity index (χ3n) is 9.66. The van der Waals surface area contributed by atoms with Gasteiger partial charge >= 0.3 is 0 Å². The van der Waals surface area contributed by atoms with Gasteiger partial charge in [-0.2, -0.15) is 0 Å². The molecule has 0 bridgehead atoms. The minimum Gasteiger partial charge on any atom is -0.458 e. The molecular formula is C41H38BNO2. The second kappa shape index (κ2) is 10.4. The molecule has 0 aliphatic carbocycles. The number of nitrogens with zero attached hydrogens (tertiary/aromatic N) is 1. The fraction of sp³-hybridized carbons (Fsp3) is 0.220. The highest BCUT2D eigenvalue weighted by atomic mass is 16.5. The van der Waals surface area contributed by atoms with Crippen molar-refractivity contribution in [3.63, 3.8) is 0 Å². The molecule has 0 saturated heterocycles. The number of benzene rings is 5. The highest BCUT2D eigenvalue weighted by Gasteiger charge is 2.36. The average Bonchev–Trinajstić information content (AvgIpc) is 3.57. The van der Waals surface area contributed by atoms with E-state index < -0.39 is 0 Å². The maximum atomic E-state index is 6.79. The van der Waals surface area contributed by atoms with Gasteiger partial charge in [0.2, 0.25) is 0 Å². The monoisotopic (exact) mass is 587 g/mol. The zero-order chi connectivity index (χ0) is 31.0. The summed E-state index contributed by atoms with van der Waals surface area (Å²) in [7, 11) is 0. The Morgan fingerprint density at radius 1 is 0.600 bits per heavy atom. The minimum absolute atomic E-state index is 0.0752. The third-order valence-corrected chi connectivity index (χ3v) is 9.66. The van der Waals surface area contributed by atoms with Gasteiger partial charge in [0.1, 0.15) is 22.6 Å². The van der Waals surface area contributed by atoms with Crippen molar-refractivity contribution in [3.05, 3.63) is 120 Å². The van der Waals surface area contributed by atoms with Crippen LogP contribution < -0.4 is 21.1 Å². The molecule has 0 amide bonds. The second-order valence-electron chi connectivity index (χ2n) is 13.5. The number of rotatable bonds is 5. The maximum Gasteiger partial charge on any atom is 0.251 e. The first kappa shape index (κ1) is 27.8. The second-order valence-corrected chi connectivity index (χ2v) is 13.5. The van der Waals surface area contributed by atoms with Crippen LogP contribution in [0.1, 0.15) is 76.0 Å². The van der Waals surface area contributed by atoms with Gasteiger partial charge < -0.3 is 13.7 Å². The van der Waals surface area contributed by atoms with Gasteiger partial charge in [-0.25, -0.2) is 0 Å².